The molecule has 0 amide bonds. The Bertz CT molecular complexity index is 3260. The van der Waals surface area contributed by atoms with Gasteiger partial charge in [0, 0.05) is 60.7 Å². The molecule has 0 bridgehead atoms. The van der Waals surface area contributed by atoms with Crippen molar-refractivity contribution < 1.29 is 0 Å². The van der Waals surface area contributed by atoms with Gasteiger partial charge in [-0.15, -0.1) is 0 Å². The van der Waals surface area contributed by atoms with E-state index in [0.29, 0.717) is 0 Å². The highest BCUT2D eigenvalue weighted by Crippen LogP contribution is 2.49. The number of nitrogens with zero attached hydrogens (tertiary/aromatic N) is 3. The number of pyridine rings is 1. The topological polar surface area (TPSA) is 22.8 Å². The van der Waals surface area contributed by atoms with Crippen LogP contribution in [0.15, 0.2) is 176 Å². The van der Waals surface area contributed by atoms with Crippen LogP contribution in [0.4, 0.5) is 0 Å². The van der Waals surface area contributed by atoms with Crippen molar-refractivity contribution in [3.05, 3.63) is 176 Å². The molecule has 1 aliphatic carbocycles. The second-order valence-electron chi connectivity index (χ2n) is 13.9. The van der Waals surface area contributed by atoms with E-state index < -0.39 is 0 Å². The Morgan fingerprint density at radius 1 is 0.385 bits per heavy atom. The van der Waals surface area contributed by atoms with E-state index in [-0.39, 0.29) is 0 Å². The van der Waals surface area contributed by atoms with E-state index in [4.69, 9.17) is 4.98 Å². The van der Waals surface area contributed by atoms with Gasteiger partial charge in [-0.1, -0.05) is 115 Å². The third-order valence-electron chi connectivity index (χ3n) is 11.3. The molecule has 52 heavy (non-hydrogen) atoms. The van der Waals surface area contributed by atoms with Gasteiger partial charge in [0.25, 0.3) is 0 Å². The second-order valence-corrected chi connectivity index (χ2v) is 13.9. The largest absolute Gasteiger partial charge is 0.309 e. The zero-order valence-corrected chi connectivity index (χ0v) is 28.1. The number of aromatic nitrogens is 3. The van der Waals surface area contributed by atoms with E-state index >= 15 is 0 Å². The number of rotatable bonds is 3. The summed E-state index contributed by atoms with van der Waals surface area (Å²) < 4.78 is 4.88. The van der Waals surface area contributed by atoms with Gasteiger partial charge in [-0.3, -0.25) is 4.98 Å². The first kappa shape index (κ1) is 27.8. The van der Waals surface area contributed by atoms with E-state index in [2.05, 4.69) is 173 Å². The Labute approximate surface area is 299 Å². The Balaban J connectivity index is 1.12. The molecule has 1 aliphatic rings. The summed E-state index contributed by atoms with van der Waals surface area (Å²) in [6.45, 7) is 0. The molecule has 0 aliphatic heterocycles. The summed E-state index contributed by atoms with van der Waals surface area (Å²) in [4.78, 5) is 4.81. The molecule has 3 heterocycles. The summed E-state index contributed by atoms with van der Waals surface area (Å²) in [6, 6.07) is 62.3. The van der Waals surface area contributed by atoms with Crippen LogP contribution in [0, 0.1) is 0 Å². The molecule has 3 heteroatoms. The maximum Gasteiger partial charge on any atom is 0.0786 e. The van der Waals surface area contributed by atoms with Crippen molar-refractivity contribution in [3.8, 4) is 44.9 Å². The third kappa shape index (κ3) is 3.66. The zero-order valence-electron chi connectivity index (χ0n) is 28.1. The van der Waals surface area contributed by atoms with Crippen LogP contribution >= 0.6 is 0 Å². The molecule has 0 saturated heterocycles. The van der Waals surface area contributed by atoms with Crippen LogP contribution in [0.2, 0.25) is 0 Å². The van der Waals surface area contributed by atoms with Gasteiger partial charge < -0.3 is 9.13 Å². The average molecular weight is 660 g/mol. The highest BCUT2D eigenvalue weighted by atomic mass is 15.0. The fraction of sp³-hybridized carbons (Fsp3) is 0. The lowest BCUT2D eigenvalue weighted by Gasteiger charge is -2.14. The number of hydrogen-bond donors (Lipinski definition) is 0. The standard InChI is InChI=1S/C49H29N3/c1-2-11-33(12-3-1)51-43-18-7-6-14-35(43)41-28-31(20-24-45(41)51)32-21-25-46-42(29-32)38-22-19-30-10-4-5-13-34(30)49(38)52(46)44-26-23-40-47-36(15-8-16-39(44)47)37-17-9-27-50-48(37)40/h1-29H. The van der Waals surface area contributed by atoms with E-state index in [9.17, 15) is 0 Å². The minimum absolute atomic E-state index is 1.07. The van der Waals surface area contributed by atoms with Crippen LogP contribution in [0.3, 0.4) is 0 Å². The van der Waals surface area contributed by atoms with Gasteiger partial charge in [0.15, 0.2) is 0 Å². The van der Waals surface area contributed by atoms with Crippen molar-refractivity contribution in [2.45, 2.75) is 0 Å². The molecule has 3 nitrogen and oxygen atoms in total. The first-order valence-electron chi connectivity index (χ1n) is 17.9. The van der Waals surface area contributed by atoms with E-state index in [0.717, 1.165) is 5.69 Å². The van der Waals surface area contributed by atoms with Crippen LogP contribution in [0.25, 0.3) is 110 Å². The van der Waals surface area contributed by atoms with Crippen molar-refractivity contribution >= 4 is 65.2 Å². The normalized spacial score (nSPS) is 12.2. The van der Waals surface area contributed by atoms with Crippen LogP contribution < -0.4 is 0 Å². The lowest BCUT2D eigenvalue weighted by molar-refractivity contribution is 1.18. The molecule has 0 fully saturated rings. The molecule has 0 atom stereocenters. The highest BCUT2D eigenvalue weighted by Gasteiger charge is 2.25. The highest BCUT2D eigenvalue weighted by molar-refractivity contribution is 6.22. The van der Waals surface area contributed by atoms with Crippen molar-refractivity contribution in [2.75, 3.05) is 0 Å². The summed E-state index contributed by atoms with van der Waals surface area (Å²) >= 11 is 0. The molecule has 3 aromatic heterocycles. The van der Waals surface area contributed by atoms with Gasteiger partial charge in [0.05, 0.1) is 33.4 Å². The minimum Gasteiger partial charge on any atom is -0.309 e. The molecule has 0 N–H and O–H groups in total. The number of fused-ring (bicyclic) bond motifs is 11. The van der Waals surface area contributed by atoms with Crippen LogP contribution in [0.1, 0.15) is 0 Å². The van der Waals surface area contributed by atoms with E-state index in [1.807, 2.05) is 12.3 Å². The first-order valence-corrected chi connectivity index (χ1v) is 17.9. The summed E-state index contributed by atoms with van der Waals surface area (Å²) in [5, 5.41) is 10.0. The Morgan fingerprint density at radius 3 is 1.94 bits per heavy atom. The lowest BCUT2D eigenvalue weighted by Crippen LogP contribution is -1.96. The van der Waals surface area contributed by atoms with Gasteiger partial charge in [0.2, 0.25) is 0 Å². The van der Waals surface area contributed by atoms with Crippen LogP contribution in [-0.4, -0.2) is 14.1 Å². The van der Waals surface area contributed by atoms with Crippen LogP contribution in [0.5, 0.6) is 0 Å². The number of para-hydroxylation sites is 2. The molecule has 12 rings (SSSR count). The molecular formula is C49H29N3. The molecule has 8 aromatic carbocycles. The molecule has 0 spiro atoms. The number of hydrogen-bond acceptors (Lipinski definition) is 1. The summed E-state index contributed by atoms with van der Waals surface area (Å²) in [5.41, 5.74) is 14.4. The molecule has 11 aromatic rings. The smallest absolute Gasteiger partial charge is 0.0786 e. The van der Waals surface area contributed by atoms with Gasteiger partial charge in [-0.2, -0.15) is 0 Å². The predicted octanol–water partition coefficient (Wildman–Crippen LogP) is 12.9. The van der Waals surface area contributed by atoms with Crippen LogP contribution in [-0.2, 0) is 0 Å². The fourth-order valence-electron chi connectivity index (χ4n) is 9.06. The quantitative estimate of drug-likeness (QED) is 0.185. The maximum absolute atomic E-state index is 4.81. The lowest BCUT2D eigenvalue weighted by atomic mass is 10.00. The zero-order chi connectivity index (χ0) is 33.9. The summed E-state index contributed by atoms with van der Waals surface area (Å²) in [7, 11) is 0. The molecular weight excluding hydrogens is 631 g/mol. The predicted molar refractivity (Wildman–Crippen MR) is 218 cm³/mol. The minimum atomic E-state index is 1.07. The van der Waals surface area contributed by atoms with E-state index in [1.54, 1.807) is 0 Å². The van der Waals surface area contributed by atoms with Crippen molar-refractivity contribution in [1.29, 1.82) is 0 Å². The van der Waals surface area contributed by atoms with Gasteiger partial charge >= 0.3 is 0 Å². The Hall–Kier alpha value is -6.97. The van der Waals surface area contributed by atoms with E-state index in [1.165, 1.54) is 104 Å². The first-order chi connectivity index (χ1) is 25.8. The SMILES string of the molecule is c1ccc(-n2c3ccccc3c3cc(-c4ccc5c(c4)c4ccc6ccccc6c4n5-c4ccc5c6c(cccc46)-c4cccnc4-5)ccc32)cc1. The van der Waals surface area contributed by atoms with Gasteiger partial charge in [-0.05, 0) is 76.7 Å². The fourth-order valence-corrected chi connectivity index (χ4v) is 9.06. The average Bonchev–Trinajstić information content (AvgIpc) is 3.85. The Kier molecular flexibility index (Phi) is 5.50. The van der Waals surface area contributed by atoms with Gasteiger partial charge in [-0.25, -0.2) is 0 Å². The van der Waals surface area contributed by atoms with Crippen molar-refractivity contribution in [1.82, 2.24) is 14.1 Å². The third-order valence-corrected chi connectivity index (χ3v) is 11.3. The summed E-state index contributed by atoms with van der Waals surface area (Å²) in [6.07, 6.45) is 1.90. The summed E-state index contributed by atoms with van der Waals surface area (Å²) in [5.74, 6) is 0. The molecule has 0 unspecified atom stereocenters. The second kappa shape index (κ2) is 10.3. The van der Waals surface area contributed by atoms with Crippen molar-refractivity contribution in [2.24, 2.45) is 0 Å². The molecule has 0 saturated carbocycles. The maximum atomic E-state index is 4.81. The monoisotopic (exact) mass is 659 g/mol. The number of benzene rings is 8. The Morgan fingerprint density at radius 2 is 1.08 bits per heavy atom. The molecule has 0 radical (unpaired) electrons. The van der Waals surface area contributed by atoms with Crippen molar-refractivity contribution in [3.63, 3.8) is 0 Å². The molecule has 240 valence electrons. The van der Waals surface area contributed by atoms with Gasteiger partial charge in [0.1, 0.15) is 0 Å².